The highest BCUT2D eigenvalue weighted by atomic mass is 79.9. The predicted octanol–water partition coefficient (Wildman–Crippen LogP) is 2.49. The zero-order valence-corrected chi connectivity index (χ0v) is 12.0. The SMILES string of the molecule is CCc1cc(=O)n(Cc2ccc(C#N)cc2Br)cn1. The zero-order chi connectivity index (χ0) is 13.8. The molecule has 4 nitrogen and oxygen atoms in total. The minimum absolute atomic E-state index is 0.0666. The second-order valence-corrected chi connectivity index (χ2v) is 4.97. The molecule has 0 aliphatic carbocycles. The van der Waals surface area contributed by atoms with Crippen LogP contribution in [0.2, 0.25) is 0 Å². The van der Waals surface area contributed by atoms with Gasteiger partial charge in [-0.3, -0.25) is 9.36 Å². The van der Waals surface area contributed by atoms with Gasteiger partial charge in [-0.15, -0.1) is 0 Å². The van der Waals surface area contributed by atoms with Crippen molar-refractivity contribution >= 4 is 15.9 Å². The summed E-state index contributed by atoms with van der Waals surface area (Å²) < 4.78 is 2.36. The molecule has 0 aliphatic rings. The summed E-state index contributed by atoms with van der Waals surface area (Å²) in [6.45, 7) is 2.39. The first-order valence-electron chi connectivity index (χ1n) is 5.88. The third-order valence-electron chi connectivity index (χ3n) is 2.82. The Balaban J connectivity index is 2.32. The van der Waals surface area contributed by atoms with Crippen molar-refractivity contribution in [2.75, 3.05) is 0 Å². The summed E-state index contributed by atoms with van der Waals surface area (Å²) in [4.78, 5) is 16.1. The average molecular weight is 318 g/mol. The number of benzene rings is 1. The molecule has 19 heavy (non-hydrogen) atoms. The Morgan fingerprint density at radius 2 is 2.21 bits per heavy atom. The molecule has 0 fully saturated rings. The molecule has 1 aromatic carbocycles. The number of nitrogens with zero attached hydrogens (tertiary/aromatic N) is 3. The van der Waals surface area contributed by atoms with Crippen molar-refractivity contribution in [2.45, 2.75) is 19.9 Å². The van der Waals surface area contributed by atoms with E-state index in [-0.39, 0.29) is 5.56 Å². The Bertz CT molecular complexity index is 701. The van der Waals surface area contributed by atoms with E-state index in [1.807, 2.05) is 13.0 Å². The van der Waals surface area contributed by atoms with Crippen molar-refractivity contribution in [3.05, 3.63) is 62.2 Å². The van der Waals surface area contributed by atoms with Crippen LogP contribution in [0.3, 0.4) is 0 Å². The minimum Gasteiger partial charge on any atom is -0.295 e. The van der Waals surface area contributed by atoms with E-state index in [1.54, 1.807) is 29.1 Å². The topological polar surface area (TPSA) is 58.7 Å². The van der Waals surface area contributed by atoms with Gasteiger partial charge in [0, 0.05) is 16.2 Å². The first-order valence-corrected chi connectivity index (χ1v) is 6.67. The number of aryl methyl sites for hydroxylation is 1. The average Bonchev–Trinajstić information content (AvgIpc) is 2.42. The monoisotopic (exact) mass is 317 g/mol. The van der Waals surface area contributed by atoms with Gasteiger partial charge in [0.15, 0.2) is 0 Å². The van der Waals surface area contributed by atoms with Gasteiger partial charge in [0.05, 0.1) is 24.5 Å². The predicted molar refractivity (Wildman–Crippen MR) is 75.8 cm³/mol. The fourth-order valence-electron chi connectivity index (χ4n) is 1.70. The van der Waals surface area contributed by atoms with Crippen molar-refractivity contribution in [3.8, 4) is 6.07 Å². The van der Waals surface area contributed by atoms with Gasteiger partial charge in [-0.25, -0.2) is 4.98 Å². The molecule has 0 amide bonds. The summed E-state index contributed by atoms with van der Waals surface area (Å²) in [5, 5.41) is 8.81. The maximum absolute atomic E-state index is 11.9. The molecule has 0 N–H and O–H groups in total. The van der Waals surface area contributed by atoms with Crippen LogP contribution in [0.4, 0.5) is 0 Å². The summed E-state index contributed by atoms with van der Waals surface area (Å²) >= 11 is 3.41. The maximum atomic E-state index is 11.9. The van der Waals surface area contributed by atoms with Gasteiger partial charge in [-0.05, 0) is 24.1 Å². The molecule has 0 spiro atoms. The van der Waals surface area contributed by atoms with Crippen LogP contribution in [0.15, 0.2) is 39.9 Å². The fraction of sp³-hybridized carbons (Fsp3) is 0.214. The maximum Gasteiger partial charge on any atom is 0.253 e. The molecule has 0 radical (unpaired) electrons. The zero-order valence-electron chi connectivity index (χ0n) is 10.4. The molecular weight excluding hydrogens is 306 g/mol. The molecule has 0 saturated carbocycles. The van der Waals surface area contributed by atoms with Gasteiger partial charge >= 0.3 is 0 Å². The number of hydrogen-bond donors (Lipinski definition) is 0. The van der Waals surface area contributed by atoms with Gasteiger partial charge in [0.25, 0.3) is 5.56 Å². The Morgan fingerprint density at radius 1 is 1.42 bits per heavy atom. The molecular formula is C14H12BrN3O. The second-order valence-electron chi connectivity index (χ2n) is 4.12. The first-order chi connectivity index (χ1) is 9.13. The Hall–Kier alpha value is -1.93. The molecule has 0 saturated heterocycles. The Morgan fingerprint density at radius 3 is 2.79 bits per heavy atom. The van der Waals surface area contributed by atoms with Crippen LogP contribution in [-0.4, -0.2) is 9.55 Å². The summed E-state index contributed by atoms with van der Waals surface area (Å²) in [5.41, 5.74) is 2.25. The van der Waals surface area contributed by atoms with E-state index in [2.05, 4.69) is 27.0 Å². The molecule has 2 aromatic rings. The van der Waals surface area contributed by atoms with Crippen molar-refractivity contribution < 1.29 is 0 Å². The molecule has 0 unspecified atom stereocenters. The van der Waals surface area contributed by atoms with Crippen molar-refractivity contribution in [1.29, 1.82) is 5.26 Å². The third-order valence-corrected chi connectivity index (χ3v) is 3.56. The van der Waals surface area contributed by atoms with E-state index in [0.717, 1.165) is 22.2 Å². The minimum atomic E-state index is -0.0666. The van der Waals surface area contributed by atoms with E-state index in [1.165, 1.54) is 0 Å². The second kappa shape index (κ2) is 5.81. The van der Waals surface area contributed by atoms with Crippen LogP contribution >= 0.6 is 15.9 Å². The number of rotatable bonds is 3. The van der Waals surface area contributed by atoms with Gasteiger partial charge < -0.3 is 0 Å². The van der Waals surface area contributed by atoms with Crippen molar-refractivity contribution in [3.63, 3.8) is 0 Å². The van der Waals surface area contributed by atoms with Gasteiger partial charge in [0.1, 0.15) is 0 Å². The van der Waals surface area contributed by atoms with Crippen LogP contribution in [0, 0.1) is 11.3 Å². The fourth-order valence-corrected chi connectivity index (χ4v) is 2.21. The molecule has 1 aromatic heterocycles. The standard InChI is InChI=1S/C14H12BrN3O/c1-2-12-6-14(19)18(9-17-12)8-11-4-3-10(7-16)5-13(11)15/h3-6,9H,2,8H2,1H3. The molecule has 1 heterocycles. The summed E-state index contributed by atoms with van der Waals surface area (Å²) in [7, 11) is 0. The normalized spacial score (nSPS) is 10.2. The van der Waals surface area contributed by atoms with Gasteiger partial charge in [0.2, 0.25) is 0 Å². The van der Waals surface area contributed by atoms with Gasteiger partial charge in [-0.2, -0.15) is 5.26 Å². The third kappa shape index (κ3) is 3.09. The van der Waals surface area contributed by atoms with E-state index in [0.29, 0.717) is 12.1 Å². The Labute approximate surface area is 119 Å². The lowest BCUT2D eigenvalue weighted by molar-refractivity contribution is 0.723. The summed E-state index contributed by atoms with van der Waals surface area (Å²) in [5.74, 6) is 0. The van der Waals surface area contributed by atoms with Crippen LogP contribution in [0.5, 0.6) is 0 Å². The molecule has 2 rings (SSSR count). The number of aromatic nitrogens is 2. The number of hydrogen-bond acceptors (Lipinski definition) is 3. The summed E-state index contributed by atoms with van der Waals surface area (Å²) in [6.07, 6.45) is 2.31. The number of halogens is 1. The van der Waals surface area contributed by atoms with E-state index < -0.39 is 0 Å². The van der Waals surface area contributed by atoms with Crippen molar-refractivity contribution in [1.82, 2.24) is 9.55 Å². The Kier molecular flexibility index (Phi) is 4.13. The van der Waals surface area contributed by atoms with Crippen LogP contribution in [-0.2, 0) is 13.0 Å². The highest BCUT2D eigenvalue weighted by molar-refractivity contribution is 9.10. The first kappa shape index (κ1) is 13.5. The molecule has 0 aliphatic heterocycles. The molecule has 0 bridgehead atoms. The van der Waals surface area contributed by atoms with Crippen LogP contribution < -0.4 is 5.56 Å². The highest BCUT2D eigenvalue weighted by Crippen LogP contribution is 2.18. The van der Waals surface area contributed by atoms with E-state index >= 15 is 0 Å². The largest absolute Gasteiger partial charge is 0.295 e. The van der Waals surface area contributed by atoms with Crippen molar-refractivity contribution in [2.24, 2.45) is 0 Å². The summed E-state index contributed by atoms with van der Waals surface area (Å²) in [6, 6.07) is 8.94. The quantitative estimate of drug-likeness (QED) is 0.873. The highest BCUT2D eigenvalue weighted by Gasteiger charge is 2.04. The van der Waals surface area contributed by atoms with Gasteiger partial charge in [-0.1, -0.05) is 28.9 Å². The molecule has 0 atom stereocenters. The molecule has 96 valence electrons. The van der Waals surface area contributed by atoms with E-state index in [4.69, 9.17) is 5.26 Å². The number of nitriles is 1. The smallest absolute Gasteiger partial charge is 0.253 e. The van der Waals surface area contributed by atoms with Crippen LogP contribution in [0.25, 0.3) is 0 Å². The van der Waals surface area contributed by atoms with Crippen LogP contribution in [0.1, 0.15) is 23.7 Å². The lowest BCUT2D eigenvalue weighted by Gasteiger charge is -2.08. The van der Waals surface area contributed by atoms with E-state index in [9.17, 15) is 4.79 Å². The molecule has 5 heteroatoms. The lowest BCUT2D eigenvalue weighted by atomic mass is 10.1. The lowest BCUT2D eigenvalue weighted by Crippen LogP contribution is -2.21.